The summed E-state index contributed by atoms with van der Waals surface area (Å²) in [6.45, 7) is 9.11. The van der Waals surface area contributed by atoms with E-state index in [2.05, 4.69) is 0 Å². The van der Waals surface area contributed by atoms with Crippen LogP contribution in [0, 0.1) is 12.8 Å². The zero-order valence-electron chi connectivity index (χ0n) is 20.0. The van der Waals surface area contributed by atoms with Crippen molar-refractivity contribution in [1.29, 1.82) is 0 Å². The fourth-order valence-electron chi connectivity index (χ4n) is 4.00. The predicted octanol–water partition coefficient (Wildman–Crippen LogP) is 3.48. The summed E-state index contributed by atoms with van der Waals surface area (Å²) >= 11 is 0. The number of ketones is 1. The molecule has 0 saturated carbocycles. The van der Waals surface area contributed by atoms with Gasteiger partial charge in [-0.15, -0.1) is 0 Å². The highest BCUT2D eigenvalue weighted by Crippen LogP contribution is 2.32. The summed E-state index contributed by atoms with van der Waals surface area (Å²) in [5, 5.41) is 0. The molecular weight excluding hydrogens is 421 g/mol. The van der Waals surface area contributed by atoms with E-state index in [1.165, 1.54) is 13.5 Å². The second kappa shape index (κ2) is 10.1. The van der Waals surface area contributed by atoms with Gasteiger partial charge < -0.3 is 23.8 Å². The third-order valence-corrected chi connectivity index (χ3v) is 5.97. The average Bonchev–Trinajstić information content (AvgIpc) is 3.05. The van der Waals surface area contributed by atoms with E-state index >= 15 is 0 Å². The molecule has 0 amide bonds. The van der Waals surface area contributed by atoms with Crippen LogP contribution in [0.5, 0.6) is 0 Å². The van der Waals surface area contributed by atoms with Gasteiger partial charge in [-0.3, -0.25) is 4.79 Å². The van der Waals surface area contributed by atoms with Gasteiger partial charge in [-0.1, -0.05) is 25.2 Å². The van der Waals surface area contributed by atoms with Crippen LogP contribution in [-0.2, 0) is 23.8 Å². The molecule has 2 aliphatic rings. The van der Waals surface area contributed by atoms with Gasteiger partial charge >= 0.3 is 13.4 Å². The quantitative estimate of drug-likeness (QED) is 0.395. The lowest BCUT2D eigenvalue weighted by Gasteiger charge is -2.22. The number of anilines is 1. The van der Waals surface area contributed by atoms with Crippen LogP contribution in [0.4, 0.5) is 5.69 Å². The number of cyclic esters (lactones) is 1. The van der Waals surface area contributed by atoms with E-state index in [-0.39, 0.29) is 11.7 Å². The topological polar surface area (TPSA) is 82.1 Å². The molecule has 1 saturated heterocycles. The number of aryl methyl sites for hydroxylation is 1. The molecule has 1 aromatic carbocycles. The fourth-order valence-corrected chi connectivity index (χ4v) is 4.00. The Kier molecular flexibility index (Phi) is 7.60. The van der Waals surface area contributed by atoms with Gasteiger partial charge in [0.25, 0.3) is 0 Å². The summed E-state index contributed by atoms with van der Waals surface area (Å²) in [6, 6.07) is 3.68. The molecule has 1 fully saturated rings. The Labute approximate surface area is 196 Å². The number of esters is 1. The molecule has 8 heteroatoms. The molecule has 1 radical (unpaired) electrons. The SMILES string of the molecule is Cc1cc(N(C)[B]C=O)cc2c1C(=O)O[C@@H](C)[C@H](C)/C=C\C(=O)[C@H]1OC(C)(C)O[C@H]1CC=C2. The number of carbonyl (C=O) groups excluding carboxylic acids is 3. The summed E-state index contributed by atoms with van der Waals surface area (Å²) in [6.07, 6.45) is 6.46. The summed E-state index contributed by atoms with van der Waals surface area (Å²) in [7, 11) is 3.17. The van der Waals surface area contributed by atoms with Crippen LogP contribution in [0.2, 0.25) is 0 Å². The Hall–Kier alpha value is -2.71. The number of benzene rings is 1. The van der Waals surface area contributed by atoms with Crippen molar-refractivity contribution in [2.24, 2.45) is 5.92 Å². The minimum atomic E-state index is -0.867. The van der Waals surface area contributed by atoms with Gasteiger partial charge in [0.2, 0.25) is 0 Å². The van der Waals surface area contributed by atoms with Crippen LogP contribution in [0.15, 0.2) is 30.4 Å². The molecule has 0 N–H and O–H groups in total. The number of fused-ring (bicyclic) bond motifs is 2. The van der Waals surface area contributed by atoms with E-state index in [9.17, 15) is 14.4 Å². The minimum Gasteiger partial charge on any atom is -0.458 e. The summed E-state index contributed by atoms with van der Waals surface area (Å²) in [5.74, 6) is -1.66. The van der Waals surface area contributed by atoms with Crippen molar-refractivity contribution >= 4 is 37.1 Å². The Bertz CT molecular complexity index is 985. The predicted molar refractivity (Wildman–Crippen MR) is 128 cm³/mol. The highest BCUT2D eigenvalue weighted by atomic mass is 16.8. The molecule has 33 heavy (non-hydrogen) atoms. The van der Waals surface area contributed by atoms with E-state index in [4.69, 9.17) is 14.2 Å². The highest BCUT2D eigenvalue weighted by molar-refractivity contribution is 6.70. The van der Waals surface area contributed by atoms with Crippen molar-refractivity contribution in [2.45, 2.75) is 65.1 Å². The molecule has 4 atom stereocenters. The van der Waals surface area contributed by atoms with E-state index in [0.717, 1.165) is 11.3 Å². The minimum absolute atomic E-state index is 0.175. The third-order valence-electron chi connectivity index (χ3n) is 5.97. The van der Waals surface area contributed by atoms with Crippen LogP contribution in [0.25, 0.3) is 6.08 Å². The Morgan fingerprint density at radius 2 is 1.88 bits per heavy atom. The standard InChI is InChI=1S/C25H31BNO6/c1-15-10-11-20(29)23-21(32-25(4,5)33-23)9-7-8-18-13-19(27(6)26-14-28)12-16(2)22(18)24(30)31-17(15)3/h7-8,10-15,17,21,23H,9H2,1-6H3/b8-7?,11-10-/t15-,17+,21+,23-/m1/s1. The van der Waals surface area contributed by atoms with Gasteiger partial charge in [-0.25, -0.2) is 4.79 Å². The maximum absolute atomic E-state index is 13.1. The maximum atomic E-state index is 13.1. The molecule has 0 unspecified atom stereocenters. The van der Waals surface area contributed by atoms with Gasteiger partial charge in [-0.2, -0.15) is 0 Å². The van der Waals surface area contributed by atoms with Crippen LogP contribution in [0.1, 0.15) is 55.6 Å². The van der Waals surface area contributed by atoms with Crippen molar-refractivity contribution in [1.82, 2.24) is 0 Å². The molecule has 7 nitrogen and oxygen atoms in total. The largest absolute Gasteiger partial charge is 0.458 e. The van der Waals surface area contributed by atoms with Crippen molar-refractivity contribution in [3.05, 3.63) is 47.1 Å². The fraction of sp³-hybridized carbons (Fsp3) is 0.480. The van der Waals surface area contributed by atoms with Crippen molar-refractivity contribution in [3.63, 3.8) is 0 Å². The molecule has 1 aromatic rings. The zero-order valence-corrected chi connectivity index (χ0v) is 20.0. The first-order valence-electron chi connectivity index (χ1n) is 11.1. The monoisotopic (exact) mass is 452 g/mol. The van der Waals surface area contributed by atoms with Gasteiger partial charge in [0.05, 0.1) is 11.7 Å². The number of hydrogen-bond donors (Lipinski definition) is 0. The Morgan fingerprint density at radius 3 is 2.58 bits per heavy atom. The Balaban J connectivity index is 2.06. The van der Waals surface area contributed by atoms with E-state index in [1.54, 1.807) is 38.7 Å². The third kappa shape index (κ3) is 5.81. The first-order chi connectivity index (χ1) is 15.5. The van der Waals surface area contributed by atoms with Crippen molar-refractivity contribution < 1.29 is 28.6 Å². The lowest BCUT2D eigenvalue weighted by Crippen LogP contribution is -2.30. The number of carbonyl (C=O) groups is 3. The molecule has 3 rings (SSSR count). The second-order valence-electron chi connectivity index (χ2n) is 9.09. The Morgan fingerprint density at radius 1 is 1.15 bits per heavy atom. The molecule has 175 valence electrons. The van der Waals surface area contributed by atoms with Crippen LogP contribution >= 0.6 is 0 Å². The maximum Gasteiger partial charge on any atom is 0.339 e. The number of ether oxygens (including phenoxy) is 3. The van der Waals surface area contributed by atoms with E-state index < -0.39 is 30.1 Å². The number of hydrogen-bond acceptors (Lipinski definition) is 7. The second-order valence-corrected chi connectivity index (χ2v) is 9.09. The summed E-state index contributed by atoms with van der Waals surface area (Å²) < 4.78 is 17.6. The molecule has 0 aliphatic carbocycles. The lowest BCUT2D eigenvalue weighted by atomic mass is 9.92. The molecule has 2 heterocycles. The van der Waals surface area contributed by atoms with Crippen LogP contribution < -0.4 is 4.81 Å². The number of nitrogens with zero attached hydrogens (tertiary/aromatic N) is 1. The van der Waals surface area contributed by atoms with Crippen LogP contribution in [-0.4, -0.2) is 56.5 Å². The van der Waals surface area contributed by atoms with E-state index in [0.29, 0.717) is 23.7 Å². The number of rotatable bonds is 3. The molecule has 0 bridgehead atoms. The molecular formula is C25H31BNO6. The zero-order chi connectivity index (χ0) is 24.3. The highest BCUT2D eigenvalue weighted by Gasteiger charge is 2.43. The van der Waals surface area contributed by atoms with Gasteiger partial charge in [-0.05, 0) is 70.5 Å². The van der Waals surface area contributed by atoms with Gasteiger partial charge in [0, 0.05) is 11.6 Å². The van der Waals surface area contributed by atoms with Gasteiger partial charge in [0.15, 0.2) is 11.6 Å². The first kappa shape index (κ1) is 24.9. The van der Waals surface area contributed by atoms with Crippen molar-refractivity contribution in [3.8, 4) is 0 Å². The van der Waals surface area contributed by atoms with E-state index in [1.807, 2.05) is 38.1 Å². The van der Waals surface area contributed by atoms with Crippen LogP contribution in [0.3, 0.4) is 0 Å². The first-order valence-corrected chi connectivity index (χ1v) is 11.1. The lowest BCUT2D eigenvalue weighted by molar-refractivity contribution is -0.152. The molecule has 2 aliphatic heterocycles. The average molecular weight is 452 g/mol. The normalized spacial score (nSPS) is 28.2. The smallest absolute Gasteiger partial charge is 0.339 e. The molecule has 0 aromatic heterocycles. The van der Waals surface area contributed by atoms with Crippen molar-refractivity contribution in [2.75, 3.05) is 11.9 Å². The molecule has 0 spiro atoms. The summed E-state index contributed by atoms with van der Waals surface area (Å²) in [4.78, 5) is 38.6. The summed E-state index contributed by atoms with van der Waals surface area (Å²) in [5.41, 5.74) is 2.62. The van der Waals surface area contributed by atoms with Gasteiger partial charge in [0.1, 0.15) is 18.4 Å².